The van der Waals surface area contributed by atoms with Crippen LogP contribution in [0.2, 0.25) is 0 Å². The standard InChI is InChI=1S/C12H22N2OS/c1-6-13-12(3,4)10-8-16-11(14-10)7-9(2)15-5/h8-9,13H,6-7H2,1-5H3. The van der Waals surface area contributed by atoms with Crippen molar-refractivity contribution in [2.45, 2.75) is 45.8 Å². The maximum absolute atomic E-state index is 5.25. The van der Waals surface area contributed by atoms with Gasteiger partial charge in [-0.2, -0.15) is 0 Å². The van der Waals surface area contributed by atoms with Gasteiger partial charge in [0.05, 0.1) is 22.3 Å². The van der Waals surface area contributed by atoms with E-state index in [0.717, 1.165) is 23.7 Å². The molecular formula is C12H22N2OS. The molecule has 0 saturated heterocycles. The molecule has 0 saturated carbocycles. The van der Waals surface area contributed by atoms with Crippen LogP contribution in [0.25, 0.3) is 0 Å². The number of hydrogen-bond donors (Lipinski definition) is 1. The molecule has 92 valence electrons. The van der Waals surface area contributed by atoms with Crippen LogP contribution >= 0.6 is 11.3 Å². The predicted octanol–water partition coefficient (Wildman–Crippen LogP) is 2.57. The Hall–Kier alpha value is -0.450. The summed E-state index contributed by atoms with van der Waals surface area (Å²) in [6.45, 7) is 9.46. The minimum Gasteiger partial charge on any atom is -0.381 e. The molecule has 0 aliphatic carbocycles. The first kappa shape index (κ1) is 13.6. The molecule has 0 aliphatic rings. The molecule has 4 heteroatoms. The molecule has 1 aromatic heterocycles. The van der Waals surface area contributed by atoms with Crippen molar-refractivity contribution in [3.05, 3.63) is 16.1 Å². The van der Waals surface area contributed by atoms with Crippen LogP contribution < -0.4 is 5.32 Å². The maximum atomic E-state index is 5.25. The number of hydrogen-bond acceptors (Lipinski definition) is 4. The molecule has 0 aromatic carbocycles. The van der Waals surface area contributed by atoms with E-state index < -0.39 is 0 Å². The quantitative estimate of drug-likeness (QED) is 0.832. The van der Waals surface area contributed by atoms with Crippen LogP contribution in [0, 0.1) is 0 Å². The summed E-state index contributed by atoms with van der Waals surface area (Å²) < 4.78 is 5.25. The second-order valence-corrected chi connectivity index (χ2v) is 5.47. The van der Waals surface area contributed by atoms with Crippen molar-refractivity contribution in [3.8, 4) is 0 Å². The normalized spacial score (nSPS) is 14.1. The van der Waals surface area contributed by atoms with E-state index in [1.807, 2.05) is 0 Å². The van der Waals surface area contributed by atoms with Crippen LogP contribution in [0.15, 0.2) is 5.38 Å². The lowest BCUT2D eigenvalue weighted by atomic mass is 10.0. The zero-order valence-corrected chi connectivity index (χ0v) is 11.6. The van der Waals surface area contributed by atoms with Gasteiger partial charge < -0.3 is 10.1 Å². The Morgan fingerprint density at radius 1 is 1.56 bits per heavy atom. The zero-order chi connectivity index (χ0) is 12.2. The van der Waals surface area contributed by atoms with Gasteiger partial charge in [-0.3, -0.25) is 0 Å². The van der Waals surface area contributed by atoms with Crippen molar-refractivity contribution >= 4 is 11.3 Å². The zero-order valence-electron chi connectivity index (χ0n) is 10.8. The van der Waals surface area contributed by atoms with E-state index >= 15 is 0 Å². The molecule has 1 aromatic rings. The van der Waals surface area contributed by atoms with E-state index in [2.05, 4.69) is 43.4 Å². The van der Waals surface area contributed by atoms with Crippen LogP contribution in [-0.4, -0.2) is 24.7 Å². The summed E-state index contributed by atoms with van der Waals surface area (Å²) in [5.74, 6) is 0. The van der Waals surface area contributed by atoms with Gasteiger partial charge in [-0.25, -0.2) is 4.98 Å². The van der Waals surface area contributed by atoms with Crippen molar-refractivity contribution < 1.29 is 4.74 Å². The Balaban J connectivity index is 2.70. The monoisotopic (exact) mass is 242 g/mol. The van der Waals surface area contributed by atoms with Crippen molar-refractivity contribution in [1.82, 2.24) is 10.3 Å². The van der Waals surface area contributed by atoms with Crippen molar-refractivity contribution in [2.75, 3.05) is 13.7 Å². The minimum absolute atomic E-state index is 0.0419. The number of rotatable bonds is 6. The fourth-order valence-corrected chi connectivity index (χ4v) is 2.63. The van der Waals surface area contributed by atoms with Crippen LogP contribution in [-0.2, 0) is 16.7 Å². The van der Waals surface area contributed by atoms with Crippen LogP contribution in [0.1, 0.15) is 38.4 Å². The van der Waals surface area contributed by atoms with Gasteiger partial charge in [0.15, 0.2) is 0 Å². The third kappa shape index (κ3) is 3.54. The third-order valence-corrected chi connectivity index (χ3v) is 3.55. The van der Waals surface area contributed by atoms with Crippen molar-refractivity contribution in [2.24, 2.45) is 0 Å². The van der Waals surface area contributed by atoms with E-state index in [4.69, 9.17) is 4.74 Å². The van der Waals surface area contributed by atoms with Gasteiger partial charge >= 0.3 is 0 Å². The third-order valence-electron chi connectivity index (χ3n) is 2.68. The highest BCUT2D eigenvalue weighted by molar-refractivity contribution is 7.09. The Labute approximate surface area is 102 Å². The summed E-state index contributed by atoms with van der Waals surface area (Å²) in [7, 11) is 1.74. The van der Waals surface area contributed by atoms with E-state index in [1.54, 1.807) is 18.4 Å². The second-order valence-electron chi connectivity index (χ2n) is 4.53. The number of thiazole rings is 1. The molecule has 0 radical (unpaired) electrons. The number of methoxy groups -OCH3 is 1. The minimum atomic E-state index is -0.0419. The van der Waals surface area contributed by atoms with E-state index in [9.17, 15) is 0 Å². The molecule has 1 rings (SSSR count). The number of nitrogens with zero attached hydrogens (tertiary/aromatic N) is 1. The number of aromatic nitrogens is 1. The van der Waals surface area contributed by atoms with Crippen LogP contribution in [0.4, 0.5) is 0 Å². The first-order valence-electron chi connectivity index (χ1n) is 5.72. The van der Waals surface area contributed by atoms with Gasteiger partial charge in [0, 0.05) is 18.9 Å². The molecule has 1 unspecified atom stereocenters. The first-order valence-corrected chi connectivity index (χ1v) is 6.60. The van der Waals surface area contributed by atoms with Gasteiger partial charge in [-0.15, -0.1) is 11.3 Å². The average Bonchev–Trinajstić information content (AvgIpc) is 2.66. The molecule has 1 N–H and O–H groups in total. The second kappa shape index (κ2) is 5.75. The molecule has 1 atom stereocenters. The topological polar surface area (TPSA) is 34.1 Å². The van der Waals surface area contributed by atoms with Gasteiger partial charge in [-0.1, -0.05) is 6.92 Å². The fourth-order valence-electron chi connectivity index (χ4n) is 1.55. The molecule has 0 aliphatic heterocycles. The molecule has 0 amide bonds. The summed E-state index contributed by atoms with van der Waals surface area (Å²) >= 11 is 1.71. The molecular weight excluding hydrogens is 220 g/mol. The lowest BCUT2D eigenvalue weighted by Gasteiger charge is -2.23. The highest BCUT2D eigenvalue weighted by Crippen LogP contribution is 2.23. The summed E-state index contributed by atoms with van der Waals surface area (Å²) in [4.78, 5) is 4.66. The molecule has 3 nitrogen and oxygen atoms in total. The van der Waals surface area contributed by atoms with Crippen LogP contribution in [0.3, 0.4) is 0 Å². The number of nitrogens with one attached hydrogen (secondary N) is 1. The summed E-state index contributed by atoms with van der Waals surface area (Å²) in [6, 6.07) is 0. The highest BCUT2D eigenvalue weighted by Gasteiger charge is 2.22. The van der Waals surface area contributed by atoms with E-state index in [1.165, 1.54) is 0 Å². The van der Waals surface area contributed by atoms with Crippen molar-refractivity contribution in [1.29, 1.82) is 0 Å². The molecule has 0 bridgehead atoms. The Bertz CT molecular complexity index is 323. The Morgan fingerprint density at radius 2 is 2.25 bits per heavy atom. The Kier molecular flexibility index (Phi) is 4.89. The predicted molar refractivity (Wildman–Crippen MR) is 69.0 cm³/mol. The summed E-state index contributed by atoms with van der Waals surface area (Å²) in [5, 5.41) is 6.72. The van der Waals surface area contributed by atoms with Crippen LogP contribution in [0.5, 0.6) is 0 Å². The smallest absolute Gasteiger partial charge is 0.0954 e. The largest absolute Gasteiger partial charge is 0.381 e. The van der Waals surface area contributed by atoms with Gasteiger partial charge in [0.25, 0.3) is 0 Å². The SMILES string of the molecule is CCNC(C)(C)c1csc(CC(C)OC)n1. The van der Waals surface area contributed by atoms with Crippen molar-refractivity contribution in [3.63, 3.8) is 0 Å². The lowest BCUT2D eigenvalue weighted by Crippen LogP contribution is -2.36. The average molecular weight is 242 g/mol. The molecule has 1 heterocycles. The van der Waals surface area contributed by atoms with Gasteiger partial charge in [0.1, 0.15) is 0 Å². The fraction of sp³-hybridized carbons (Fsp3) is 0.750. The molecule has 0 spiro atoms. The number of ether oxygens (including phenoxy) is 1. The van der Waals surface area contributed by atoms with E-state index in [0.29, 0.717) is 0 Å². The van der Waals surface area contributed by atoms with Gasteiger partial charge in [-0.05, 0) is 27.3 Å². The maximum Gasteiger partial charge on any atom is 0.0954 e. The summed E-state index contributed by atoms with van der Waals surface area (Å²) in [6.07, 6.45) is 1.13. The Morgan fingerprint density at radius 3 is 2.81 bits per heavy atom. The highest BCUT2D eigenvalue weighted by atomic mass is 32.1. The molecule has 16 heavy (non-hydrogen) atoms. The van der Waals surface area contributed by atoms with E-state index in [-0.39, 0.29) is 11.6 Å². The summed E-state index contributed by atoms with van der Waals surface area (Å²) in [5.41, 5.74) is 1.08. The van der Waals surface area contributed by atoms with Gasteiger partial charge in [0.2, 0.25) is 0 Å². The molecule has 0 fully saturated rings. The first-order chi connectivity index (χ1) is 7.49. The lowest BCUT2D eigenvalue weighted by molar-refractivity contribution is 0.118.